The molecular formula is C25H21ClF7N3O3. The number of carbonyl (C=O) groups excluding carboxylic acids is 2. The Morgan fingerprint density at radius 2 is 1.79 bits per heavy atom. The first-order valence-corrected chi connectivity index (χ1v) is 12.0. The van der Waals surface area contributed by atoms with Gasteiger partial charge in [-0.15, -0.1) is 0 Å². The molecule has 2 aromatic carbocycles. The van der Waals surface area contributed by atoms with Crippen LogP contribution in [0, 0.1) is 18.7 Å². The van der Waals surface area contributed by atoms with Gasteiger partial charge in [-0.3, -0.25) is 9.59 Å². The zero-order chi connectivity index (χ0) is 28.8. The van der Waals surface area contributed by atoms with E-state index in [-0.39, 0.29) is 41.4 Å². The lowest BCUT2D eigenvalue weighted by Gasteiger charge is -2.30. The monoisotopic (exact) mass is 579 g/mol. The van der Waals surface area contributed by atoms with E-state index in [2.05, 4.69) is 20.6 Å². The van der Waals surface area contributed by atoms with Gasteiger partial charge >= 0.3 is 12.4 Å². The number of hydrogen-bond acceptors (Lipinski definition) is 4. The number of alkyl halides is 6. The molecule has 14 heteroatoms. The van der Waals surface area contributed by atoms with E-state index in [9.17, 15) is 40.3 Å². The van der Waals surface area contributed by atoms with E-state index in [0.29, 0.717) is 18.0 Å². The quantitative estimate of drug-likeness (QED) is 0.417. The minimum absolute atomic E-state index is 0.00660. The molecule has 4 rings (SSSR count). The third kappa shape index (κ3) is 5.97. The van der Waals surface area contributed by atoms with Crippen LogP contribution in [0.4, 0.5) is 30.7 Å². The van der Waals surface area contributed by atoms with Crippen molar-refractivity contribution in [3.63, 3.8) is 0 Å². The second-order valence-corrected chi connectivity index (χ2v) is 9.82. The fraction of sp³-hybridized carbons (Fsp3) is 0.400. The number of rotatable bonds is 7. The van der Waals surface area contributed by atoms with Crippen LogP contribution in [0.15, 0.2) is 35.5 Å². The van der Waals surface area contributed by atoms with Gasteiger partial charge < -0.3 is 15.5 Å². The number of nitrogens with zero attached hydrogens (tertiary/aromatic N) is 1. The molecule has 0 bridgehead atoms. The van der Waals surface area contributed by atoms with E-state index in [1.807, 2.05) is 0 Å². The molecule has 1 fully saturated rings. The Balaban J connectivity index is 1.55. The number of halogens is 8. The average Bonchev–Trinajstić information content (AvgIpc) is 3.56. The number of hydrogen-bond donors (Lipinski definition) is 2. The Morgan fingerprint density at radius 1 is 1.10 bits per heavy atom. The van der Waals surface area contributed by atoms with Crippen LogP contribution in [0.2, 0.25) is 5.02 Å². The fourth-order valence-electron chi connectivity index (χ4n) is 4.08. The third-order valence-electron chi connectivity index (χ3n) is 6.48. The lowest BCUT2D eigenvalue weighted by atomic mass is 9.85. The summed E-state index contributed by atoms with van der Waals surface area (Å²) in [6.45, 7) is 1.75. The zero-order valence-electron chi connectivity index (χ0n) is 20.2. The molecule has 1 unspecified atom stereocenters. The summed E-state index contributed by atoms with van der Waals surface area (Å²) < 4.78 is 97.3. The zero-order valence-corrected chi connectivity index (χ0v) is 21.0. The molecule has 0 spiro atoms. The Bertz CT molecular complexity index is 1340. The standard InChI is InChI=1S/C25H21ClF7N3O3/c1-12-6-14(4-5-16(12)22(38)35-11-20(37)34-10-13-2-3-13)19-9-23(39-36-19,25(31,32)33)17-7-15(24(28,29)30)8-18(26)21(17)27/h4-8,13H,2-3,9-11H2,1H3,(H,34,37)(H,35,38). The molecule has 0 aromatic heterocycles. The maximum Gasteiger partial charge on any atom is 0.435 e. The Labute approximate surface area is 222 Å². The number of carbonyl (C=O) groups is 2. The summed E-state index contributed by atoms with van der Waals surface area (Å²) in [5.74, 6) is -2.23. The van der Waals surface area contributed by atoms with E-state index in [1.54, 1.807) is 0 Å². The molecule has 1 atom stereocenters. The molecule has 2 aromatic rings. The first-order chi connectivity index (χ1) is 18.1. The topological polar surface area (TPSA) is 79.8 Å². The van der Waals surface area contributed by atoms with Crippen LogP contribution < -0.4 is 10.6 Å². The summed E-state index contributed by atoms with van der Waals surface area (Å²) in [7, 11) is 0. The van der Waals surface area contributed by atoms with E-state index < -0.39 is 52.2 Å². The van der Waals surface area contributed by atoms with E-state index in [4.69, 9.17) is 11.6 Å². The number of oxime groups is 1. The number of aryl methyl sites for hydroxylation is 1. The molecular weight excluding hydrogens is 559 g/mol. The molecule has 1 aliphatic heterocycles. The maximum absolute atomic E-state index is 14.7. The first kappa shape index (κ1) is 28.7. The summed E-state index contributed by atoms with van der Waals surface area (Å²) >= 11 is 5.52. The van der Waals surface area contributed by atoms with Gasteiger partial charge in [0, 0.05) is 17.7 Å². The molecule has 210 valence electrons. The molecule has 2 N–H and O–H groups in total. The number of amides is 2. The maximum atomic E-state index is 14.7. The van der Waals surface area contributed by atoms with Crippen molar-refractivity contribution in [3.05, 3.63) is 69.0 Å². The highest BCUT2D eigenvalue weighted by Crippen LogP contribution is 2.51. The molecule has 6 nitrogen and oxygen atoms in total. The summed E-state index contributed by atoms with van der Waals surface area (Å²) in [5.41, 5.74) is -6.45. The minimum Gasteiger partial charge on any atom is -0.374 e. The van der Waals surface area contributed by atoms with Crippen molar-refractivity contribution in [1.82, 2.24) is 10.6 Å². The predicted octanol–water partition coefficient (Wildman–Crippen LogP) is 5.64. The Morgan fingerprint density at radius 3 is 2.38 bits per heavy atom. The molecule has 39 heavy (non-hydrogen) atoms. The molecule has 0 radical (unpaired) electrons. The fourth-order valence-corrected chi connectivity index (χ4v) is 4.30. The smallest absolute Gasteiger partial charge is 0.374 e. The van der Waals surface area contributed by atoms with Crippen LogP contribution >= 0.6 is 11.6 Å². The van der Waals surface area contributed by atoms with E-state index >= 15 is 0 Å². The molecule has 2 amide bonds. The molecule has 0 saturated heterocycles. The van der Waals surface area contributed by atoms with Crippen LogP contribution in [0.25, 0.3) is 0 Å². The Kier molecular flexibility index (Phi) is 7.58. The average molecular weight is 580 g/mol. The van der Waals surface area contributed by atoms with Crippen LogP contribution in [-0.2, 0) is 21.4 Å². The van der Waals surface area contributed by atoms with Crippen LogP contribution in [0.3, 0.4) is 0 Å². The molecule has 1 heterocycles. The van der Waals surface area contributed by atoms with Gasteiger partial charge in [0.2, 0.25) is 5.91 Å². The van der Waals surface area contributed by atoms with Gasteiger partial charge in [-0.05, 0) is 61.1 Å². The lowest BCUT2D eigenvalue weighted by Crippen LogP contribution is -2.43. The van der Waals surface area contributed by atoms with Crippen molar-refractivity contribution in [2.24, 2.45) is 11.1 Å². The van der Waals surface area contributed by atoms with Crippen LogP contribution in [0.5, 0.6) is 0 Å². The van der Waals surface area contributed by atoms with Crippen molar-refractivity contribution >= 4 is 29.1 Å². The van der Waals surface area contributed by atoms with Crippen molar-refractivity contribution in [2.45, 2.75) is 44.1 Å². The van der Waals surface area contributed by atoms with Crippen molar-refractivity contribution in [2.75, 3.05) is 13.1 Å². The van der Waals surface area contributed by atoms with Gasteiger partial charge in [-0.2, -0.15) is 26.3 Å². The summed E-state index contributed by atoms with van der Waals surface area (Å²) in [4.78, 5) is 29.0. The van der Waals surface area contributed by atoms with E-state index in [1.165, 1.54) is 25.1 Å². The van der Waals surface area contributed by atoms with Crippen molar-refractivity contribution in [3.8, 4) is 0 Å². The highest BCUT2D eigenvalue weighted by atomic mass is 35.5. The van der Waals surface area contributed by atoms with Gasteiger partial charge in [0.05, 0.1) is 29.3 Å². The van der Waals surface area contributed by atoms with Gasteiger partial charge in [0.15, 0.2) is 0 Å². The SMILES string of the molecule is Cc1cc(C2=NOC(c3cc(C(F)(F)F)cc(Cl)c3F)(C(F)(F)F)C2)ccc1C(=O)NCC(=O)NCC1CC1. The highest BCUT2D eigenvalue weighted by Gasteiger charge is 2.64. The van der Waals surface area contributed by atoms with Crippen molar-refractivity contribution < 1.29 is 45.2 Å². The first-order valence-electron chi connectivity index (χ1n) is 11.7. The van der Waals surface area contributed by atoms with Crippen molar-refractivity contribution in [1.29, 1.82) is 0 Å². The molecule has 2 aliphatic rings. The molecule has 1 saturated carbocycles. The number of benzene rings is 2. The minimum atomic E-state index is -5.39. The van der Waals surface area contributed by atoms with Gasteiger partial charge in [-0.1, -0.05) is 22.8 Å². The van der Waals surface area contributed by atoms with Crippen LogP contribution in [0.1, 0.15) is 51.9 Å². The van der Waals surface area contributed by atoms with Gasteiger partial charge in [0.25, 0.3) is 11.5 Å². The third-order valence-corrected chi connectivity index (χ3v) is 6.75. The number of nitrogens with one attached hydrogen (secondary N) is 2. The largest absolute Gasteiger partial charge is 0.435 e. The summed E-state index contributed by atoms with van der Waals surface area (Å²) in [6.07, 6.45) is -9.56. The van der Waals surface area contributed by atoms with Crippen LogP contribution in [-0.4, -0.2) is 36.8 Å². The molecule has 1 aliphatic carbocycles. The Hall–Kier alpha value is -3.35. The summed E-state index contributed by atoms with van der Waals surface area (Å²) in [6, 6.07) is 4.07. The predicted molar refractivity (Wildman–Crippen MR) is 126 cm³/mol. The van der Waals surface area contributed by atoms with Gasteiger partial charge in [0.1, 0.15) is 5.82 Å². The lowest BCUT2D eigenvalue weighted by molar-refractivity contribution is -0.276. The van der Waals surface area contributed by atoms with Gasteiger partial charge in [-0.25, -0.2) is 4.39 Å². The second kappa shape index (κ2) is 10.3. The highest BCUT2D eigenvalue weighted by molar-refractivity contribution is 6.30. The normalized spacial score (nSPS) is 19.4. The van der Waals surface area contributed by atoms with E-state index in [0.717, 1.165) is 12.8 Å². The summed E-state index contributed by atoms with van der Waals surface area (Å²) in [5, 5.41) is 7.42. The second-order valence-electron chi connectivity index (χ2n) is 9.41.